The predicted octanol–water partition coefficient (Wildman–Crippen LogP) is 4.39. The molecule has 0 aliphatic carbocycles. The van der Waals surface area contributed by atoms with Crippen molar-refractivity contribution >= 4 is 8.07 Å². The molecule has 92 valence electrons. The summed E-state index contributed by atoms with van der Waals surface area (Å²) in [6, 6.07) is 1.23. The first-order valence-corrected chi connectivity index (χ1v) is 9.90. The van der Waals surface area contributed by atoms with Crippen LogP contribution >= 0.6 is 0 Å². The molecule has 0 aromatic rings. The predicted molar refractivity (Wildman–Crippen MR) is 74.6 cm³/mol. The SMILES string of the molecule is C=C[C@@]1(C)CC[C@@](C)(/C=C/C[Si](C)(C)C)O1. The number of hydrogen-bond acceptors (Lipinski definition) is 1. The second-order valence-electron chi connectivity index (χ2n) is 6.60. The van der Waals surface area contributed by atoms with E-state index in [1.54, 1.807) is 0 Å². The van der Waals surface area contributed by atoms with Crippen LogP contribution in [0.3, 0.4) is 0 Å². The van der Waals surface area contributed by atoms with Gasteiger partial charge in [0.25, 0.3) is 0 Å². The molecule has 0 saturated carbocycles. The summed E-state index contributed by atoms with van der Waals surface area (Å²) >= 11 is 0. The topological polar surface area (TPSA) is 9.23 Å². The average Bonchev–Trinajstić information content (AvgIpc) is 2.42. The Hall–Kier alpha value is -0.343. The van der Waals surface area contributed by atoms with Gasteiger partial charge in [-0.05, 0) is 32.7 Å². The summed E-state index contributed by atoms with van der Waals surface area (Å²) in [6.07, 6.45) is 8.69. The van der Waals surface area contributed by atoms with Gasteiger partial charge in [0.05, 0.1) is 11.2 Å². The van der Waals surface area contributed by atoms with Crippen LogP contribution in [0.5, 0.6) is 0 Å². The van der Waals surface area contributed by atoms with Crippen LogP contribution in [0, 0.1) is 0 Å². The molecule has 1 rings (SSSR count). The molecule has 0 radical (unpaired) electrons. The molecular formula is C14H26OSi. The van der Waals surface area contributed by atoms with Crippen molar-refractivity contribution in [3.05, 3.63) is 24.8 Å². The van der Waals surface area contributed by atoms with Crippen molar-refractivity contribution in [3.63, 3.8) is 0 Å². The Morgan fingerprint density at radius 1 is 1.19 bits per heavy atom. The van der Waals surface area contributed by atoms with E-state index in [-0.39, 0.29) is 11.2 Å². The van der Waals surface area contributed by atoms with E-state index in [2.05, 4.69) is 52.2 Å². The lowest BCUT2D eigenvalue weighted by molar-refractivity contribution is -0.0305. The third kappa shape index (κ3) is 3.91. The molecule has 1 heterocycles. The molecule has 16 heavy (non-hydrogen) atoms. The highest BCUT2D eigenvalue weighted by Crippen LogP contribution is 2.39. The average molecular weight is 238 g/mol. The molecular weight excluding hydrogens is 212 g/mol. The Balaban J connectivity index is 2.58. The molecule has 1 nitrogen and oxygen atoms in total. The van der Waals surface area contributed by atoms with E-state index in [9.17, 15) is 0 Å². The van der Waals surface area contributed by atoms with Gasteiger partial charge in [-0.3, -0.25) is 0 Å². The Kier molecular flexibility index (Phi) is 3.86. The second kappa shape index (κ2) is 4.50. The van der Waals surface area contributed by atoms with Gasteiger partial charge in [0, 0.05) is 8.07 Å². The van der Waals surface area contributed by atoms with Gasteiger partial charge in [-0.25, -0.2) is 0 Å². The fraction of sp³-hybridized carbons (Fsp3) is 0.714. The smallest absolute Gasteiger partial charge is 0.0847 e. The van der Waals surface area contributed by atoms with Crippen molar-refractivity contribution in [1.82, 2.24) is 0 Å². The molecule has 0 aromatic carbocycles. The zero-order valence-corrected chi connectivity index (χ0v) is 12.5. The largest absolute Gasteiger partial charge is 0.361 e. The molecule has 0 spiro atoms. The monoisotopic (exact) mass is 238 g/mol. The lowest BCUT2D eigenvalue weighted by Crippen LogP contribution is -2.28. The molecule has 2 atom stereocenters. The van der Waals surface area contributed by atoms with Crippen LogP contribution in [-0.4, -0.2) is 19.3 Å². The van der Waals surface area contributed by atoms with Crippen molar-refractivity contribution in [3.8, 4) is 0 Å². The minimum atomic E-state index is -0.969. The fourth-order valence-corrected chi connectivity index (χ4v) is 2.88. The van der Waals surface area contributed by atoms with E-state index in [4.69, 9.17) is 4.74 Å². The highest BCUT2D eigenvalue weighted by atomic mass is 28.3. The van der Waals surface area contributed by atoms with Gasteiger partial charge in [0.2, 0.25) is 0 Å². The molecule has 0 amide bonds. The minimum Gasteiger partial charge on any atom is -0.361 e. The molecule has 0 bridgehead atoms. The highest BCUT2D eigenvalue weighted by Gasteiger charge is 2.40. The standard InChI is InChI=1S/C14H26OSi/c1-7-13(2)10-11-14(3,15-13)9-8-12-16(4,5)6/h7-9H,1,10-12H2,2-6H3/b9-8+/t13-,14+/m0/s1. The van der Waals surface area contributed by atoms with E-state index in [1.807, 2.05) is 6.08 Å². The Labute approximate surface area is 102 Å². The van der Waals surface area contributed by atoms with E-state index >= 15 is 0 Å². The van der Waals surface area contributed by atoms with Crippen molar-refractivity contribution < 1.29 is 4.74 Å². The molecule has 0 aromatic heterocycles. The van der Waals surface area contributed by atoms with Gasteiger partial charge < -0.3 is 4.74 Å². The van der Waals surface area contributed by atoms with Crippen LogP contribution in [0.15, 0.2) is 24.8 Å². The summed E-state index contributed by atoms with van der Waals surface area (Å²) in [5, 5.41) is 0. The Bertz CT molecular complexity index is 290. The Morgan fingerprint density at radius 3 is 2.19 bits per heavy atom. The minimum absolute atomic E-state index is 0.0808. The zero-order valence-electron chi connectivity index (χ0n) is 11.5. The molecule has 1 fully saturated rings. The lowest BCUT2D eigenvalue weighted by Gasteiger charge is -2.26. The first-order chi connectivity index (χ1) is 7.18. The van der Waals surface area contributed by atoms with E-state index in [0.29, 0.717) is 0 Å². The van der Waals surface area contributed by atoms with Crippen molar-refractivity contribution in [2.45, 2.75) is 63.6 Å². The van der Waals surface area contributed by atoms with Crippen LogP contribution in [0.1, 0.15) is 26.7 Å². The van der Waals surface area contributed by atoms with Gasteiger partial charge in [-0.1, -0.05) is 37.9 Å². The van der Waals surface area contributed by atoms with Crippen molar-refractivity contribution in [2.24, 2.45) is 0 Å². The van der Waals surface area contributed by atoms with Crippen LogP contribution in [0.4, 0.5) is 0 Å². The van der Waals surface area contributed by atoms with Gasteiger partial charge in [-0.2, -0.15) is 0 Å². The van der Waals surface area contributed by atoms with E-state index in [0.717, 1.165) is 12.8 Å². The lowest BCUT2D eigenvalue weighted by atomic mass is 9.98. The molecule has 0 N–H and O–H groups in total. The maximum atomic E-state index is 6.11. The van der Waals surface area contributed by atoms with Crippen molar-refractivity contribution in [2.75, 3.05) is 0 Å². The van der Waals surface area contributed by atoms with Crippen LogP contribution in [0.2, 0.25) is 25.7 Å². The summed E-state index contributed by atoms with van der Waals surface area (Å²) in [5.41, 5.74) is -0.207. The molecule has 1 aliphatic heterocycles. The van der Waals surface area contributed by atoms with Crippen LogP contribution in [-0.2, 0) is 4.74 Å². The summed E-state index contributed by atoms with van der Waals surface area (Å²) in [5.74, 6) is 0. The molecule has 1 saturated heterocycles. The fourth-order valence-electron chi connectivity index (χ4n) is 2.05. The Morgan fingerprint density at radius 2 is 1.75 bits per heavy atom. The number of allylic oxidation sites excluding steroid dienone is 1. The molecule has 2 heteroatoms. The third-order valence-electron chi connectivity index (χ3n) is 3.22. The summed E-state index contributed by atoms with van der Waals surface area (Å²) < 4.78 is 6.11. The van der Waals surface area contributed by atoms with E-state index < -0.39 is 8.07 Å². The maximum absolute atomic E-state index is 6.11. The number of ether oxygens (including phenoxy) is 1. The van der Waals surface area contributed by atoms with E-state index in [1.165, 1.54) is 6.04 Å². The van der Waals surface area contributed by atoms with Crippen LogP contribution in [0.25, 0.3) is 0 Å². The van der Waals surface area contributed by atoms with Gasteiger partial charge in [0.1, 0.15) is 0 Å². The second-order valence-corrected chi connectivity index (χ2v) is 12.1. The summed E-state index contributed by atoms with van der Waals surface area (Å²) in [6.45, 7) is 15.3. The first kappa shape index (κ1) is 13.7. The van der Waals surface area contributed by atoms with Crippen molar-refractivity contribution in [1.29, 1.82) is 0 Å². The number of rotatable bonds is 4. The first-order valence-electron chi connectivity index (χ1n) is 6.20. The van der Waals surface area contributed by atoms with Crippen LogP contribution < -0.4 is 0 Å². The molecule has 0 unspecified atom stereocenters. The zero-order chi connectivity index (χ0) is 12.4. The maximum Gasteiger partial charge on any atom is 0.0847 e. The summed E-state index contributed by atoms with van der Waals surface area (Å²) in [4.78, 5) is 0. The quantitative estimate of drug-likeness (QED) is 0.521. The van der Waals surface area contributed by atoms with Gasteiger partial charge in [0.15, 0.2) is 0 Å². The molecule has 1 aliphatic rings. The van der Waals surface area contributed by atoms with Gasteiger partial charge >= 0.3 is 0 Å². The highest BCUT2D eigenvalue weighted by molar-refractivity contribution is 6.76. The number of hydrogen-bond donors (Lipinski definition) is 0. The summed E-state index contributed by atoms with van der Waals surface area (Å²) in [7, 11) is -0.969. The third-order valence-corrected chi connectivity index (χ3v) is 4.68. The van der Waals surface area contributed by atoms with Gasteiger partial charge in [-0.15, -0.1) is 6.58 Å². The normalized spacial score (nSPS) is 35.8.